The summed E-state index contributed by atoms with van der Waals surface area (Å²) < 4.78 is 4.93. The van der Waals surface area contributed by atoms with Crippen molar-refractivity contribution in [3.8, 4) is 0 Å². The number of esters is 1. The lowest BCUT2D eigenvalue weighted by Gasteiger charge is -2.17. The third kappa shape index (κ3) is 1.93. The molecule has 1 aliphatic rings. The fraction of sp³-hybridized carbons (Fsp3) is 0.357. The fourth-order valence-corrected chi connectivity index (χ4v) is 2.16. The first-order valence-corrected chi connectivity index (χ1v) is 5.69. The van der Waals surface area contributed by atoms with Crippen LogP contribution in [0.2, 0.25) is 0 Å². The number of fused-ring (bicyclic) bond motifs is 1. The molecule has 0 atom stereocenters. The average Bonchev–Trinajstić information content (AvgIpc) is 2.49. The smallest absolute Gasteiger partial charge is 0.338 e. The molecule has 0 saturated carbocycles. The number of carbonyl (C=O) groups is 1. The lowest BCUT2D eigenvalue weighted by molar-refractivity contribution is 0.0526. The van der Waals surface area contributed by atoms with Crippen LogP contribution in [0.5, 0.6) is 0 Å². The first kappa shape index (κ1) is 11.7. The van der Waals surface area contributed by atoms with E-state index in [4.69, 9.17) is 4.74 Å². The number of allylic oxidation sites excluding steroid dienone is 1. The third-order valence-electron chi connectivity index (χ3n) is 3.00. The van der Waals surface area contributed by atoms with Crippen LogP contribution in [0, 0.1) is 0 Å². The molecule has 0 fully saturated rings. The zero-order valence-electron chi connectivity index (χ0n) is 10.3. The number of hydrogen-bond donors (Lipinski definition) is 1. The summed E-state index contributed by atoms with van der Waals surface area (Å²) in [7, 11) is 0. The van der Waals surface area contributed by atoms with Gasteiger partial charge in [0.15, 0.2) is 0 Å². The number of aliphatic hydroxyl groups is 1. The van der Waals surface area contributed by atoms with Crippen LogP contribution < -0.4 is 0 Å². The summed E-state index contributed by atoms with van der Waals surface area (Å²) in [5, 5.41) is 9.86. The molecule has 0 aliphatic heterocycles. The molecule has 1 aromatic rings. The van der Waals surface area contributed by atoms with Crippen molar-refractivity contribution in [2.45, 2.75) is 26.2 Å². The first-order valence-electron chi connectivity index (χ1n) is 5.69. The Balaban J connectivity index is 2.43. The molecule has 0 radical (unpaired) electrons. The van der Waals surface area contributed by atoms with Gasteiger partial charge < -0.3 is 9.84 Å². The second kappa shape index (κ2) is 3.91. The van der Waals surface area contributed by atoms with E-state index >= 15 is 0 Å². The molecule has 1 N–H and O–H groups in total. The number of aliphatic hydroxyl groups excluding tert-OH is 1. The molecule has 1 aliphatic carbocycles. The maximum Gasteiger partial charge on any atom is 0.338 e. The highest BCUT2D eigenvalue weighted by Gasteiger charge is 2.30. The Kier molecular flexibility index (Phi) is 2.69. The summed E-state index contributed by atoms with van der Waals surface area (Å²) in [4.78, 5) is 11.6. The number of benzene rings is 1. The van der Waals surface area contributed by atoms with E-state index in [0.717, 1.165) is 11.1 Å². The van der Waals surface area contributed by atoms with Crippen LogP contribution in [-0.4, -0.2) is 17.7 Å². The van der Waals surface area contributed by atoms with Crippen LogP contribution in [0.1, 0.15) is 42.3 Å². The molecular weight excluding hydrogens is 216 g/mol. The first-order chi connectivity index (χ1) is 7.95. The van der Waals surface area contributed by atoms with Crippen LogP contribution in [0.4, 0.5) is 0 Å². The molecule has 0 heterocycles. The summed E-state index contributed by atoms with van der Waals surface area (Å²) in [6.45, 7) is 6.17. The summed E-state index contributed by atoms with van der Waals surface area (Å²) >= 11 is 0. The van der Waals surface area contributed by atoms with Gasteiger partial charge in [0.25, 0.3) is 0 Å². The van der Waals surface area contributed by atoms with Crippen LogP contribution in [0.15, 0.2) is 24.3 Å². The number of carbonyl (C=O) groups excluding carboxylic acids is 1. The minimum Gasteiger partial charge on any atom is -0.508 e. The predicted octanol–water partition coefficient (Wildman–Crippen LogP) is 3.05. The molecule has 90 valence electrons. The van der Waals surface area contributed by atoms with E-state index in [2.05, 4.69) is 0 Å². The Hall–Kier alpha value is -1.77. The third-order valence-corrected chi connectivity index (χ3v) is 3.00. The van der Waals surface area contributed by atoms with Crippen LogP contribution in [-0.2, 0) is 10.2 Å². The minimum atomic E-state index is -0.354. The largest absolute Gasteiger partial charge is 0.508 e. The fourth-order valence-electron chi connectivity index (χ4n) is 2.16. The Morgan fingerprint density at radius 1 is 1.41 bits per heavy atom. The molecule has 17 heavy (non-hydrogen) atoms. The van der Waals surface area contributed by atoms with Crippen molar-refractivity contribution in [2.75, 3.05) is 6.61 Å². The molecule has 0 spiro atoms. The van der Waals surface area contributed by atoms with E-state index in [1.54, 1.807) is 25.1 Å². The van der Waals surface area contributed by atoms with Gasteiger partial charge >= 0.3 is 5.97 Å². The van der Waals surface area contributed by atoms with Crippen LogP contribution in [0.3, 0.4) is 0 Å². The predicted molar refractivity (Wildman–Crippen MR) is 66.0 cm³/mol. The zero-order valence-corrected chi connectivity index (χ0v) is 10.3. The Morgan fingerprint density at radius 3 is 2.76 bits per heavy atom. The summed E-state index contributed by atoms with van der Waals surface area (Å²) in [6.07, 6.45) is 1.80. The lowest BCUT2D eigenvalue weighted by atomic mass is 9.87. The van der Waals surface area contributed by atoms with E-state index in [-0.39, 0.29) is 17.1 Å². The Morgan fingerprint density at radius 2 is 2.12 bits per heavy atom. The van der Waals surface area contributed by atoms with Gasteiger partial charge in [0.05, 0.1) is 12.2 Å². The minimum absolute atomic E-state index is 0.188. The standard InChI is InChI=1S/C14H16O3/c1-4-17-13(16)9-5-6-11-10(7-9)12(15)8-14(11,2)3/h5-8,15H,4H2,1-3H3. The molecule has 0 aromatic heterocycles. The quantitative estimate of drug-likeness (QED) is 0.797. The lowest BCUT2D eigenvalue weighted by Crippen LogP contribution is -2.11. The number of ether oxygens (including phenoxy) is 1. The average molecular weight is 232 g/mol. The van der Waals surface area contributed by atoms with Crippen molar-refractivity contribution in [1.82, 2.24) is 0 Å². The number of hydrogen-bond acceptors (Lipinski definition) is 3. The van der Waals surface area contributed by atoms with Gasteiger partial charge in [-0.15, -0.1) is 0 Å². The van der Waals surface area contributed by atoms with E-state index in [0.29, 0.717) is 12.2 Å². The van der Waals surface area contributed by atoms with E-state index in [1.165, 1.54) is 0 Å². The summed E-state index contributed by atoms with van der Waals surface area (Å²) in [5.41, 5.74) is 2.04. The number of rotatable bonds is 2. The van der Waals surface area contributed by atoms with Crippen molar-refractivity contribution >= 4 is 11.7 Å². The SMILES string of the molecule is CCOC(=O)c1ccc2c(c1)C(O)=CC2(C)C. The molecule has 0 saturated heterocycles. The normalized spacial score (nSPS) is 16.3. The van der Waals surface area contributed by atoms with Gasteiger partial charge in [-0.1, -0.05) is 19.9 Å². The van der Waals surface area contributed by atoms with Gasteiger partial charge in [0.1, 0.15) is 5.76 Å². The van der Waals surface area contributed by atoms with E-state index in [1.807, 2.05) is 19.9 Å². The molecule has 3 nitrogen and oxygen atoms in total. The van der Waals surface area contributed by atoms with Crippen LogP contribution >= 0.6 is 0 Å². The Labute approximate surface area is 101 Å². The van der Waals surface area contributed by atoms with Gasteiger partial charge in [0.2, 0.25) is 0 Å². The highest BCUT2D eigenvalue weighted by molar-refractivity contribution is 5.91. The molecular formula is C14H16O3. The van der Waals surface area contributed by atoms with Crippen molar-refractivity contribution in [3.05, 3.63) is 41.0 Å². The van der Waals surface area contributed by atoms with Crippen molar-refractivity contribution < 1.29 is 14.6 Å². The van der Waals surface area contributed by atoms with Crippen molar-refractivity contribution in [2.24, 2.45) is 0 Å². The van der Waals surface area contributed by atoms with Gasteiger partial charge in [-0.3, -0.25) is 0 Å². The van der Waals surface area contributed by atoms with Crippen molar-refractivity contribution in [1.29, 1.82) is 0 Å². The Bertz CT molecular complexity index is 498. The van der Waals surface area contributed by atoms with E-state index < -0.39 is 0 Å². The molecule has 2 rings (SSSR count). The molecule has 1 aromatic carbocycles. The second-order valence-electron chi connectivity index (χ2n) is 4.73. The molecule has 0 unspecified atom stereocenters. The van der Waals surface area contributed by atoms with Gasteiger partial charge in [-0.05, 0) is 30.7 Å². The van der Waals surface area contributed by atoms with Crippen molar-refractivity contribution in [3.63, 3.8) is 0 Å². The van der Waals surface area contributed by atoms with Gasteiger partial charge in [0, 0.05) is 11.0 Å². The zero-order chi connectivity index (χ0) is 12.6. The maximum absolute atomic E-state index is 11.6. The summed E-state index contributed by atoms with van der Waals surface area (Å²) in [5.74, 6) is -0.121. The molecule has 3 heteroatoms. The van der Waals surface area contributed by atoms with Crippen LogP contribution in [0.25, 0.3) is 5.76 Å². The second-order valence-corrected chi connectivity index (χ2v) is 4.73. The topological polar surface area (TPSA) is 46.5 Å². The van der Waals surface area contributed by atoms with Gasteiger partial charge in [-0.2, -0.15) is 0 Å². The molecule has 0 amide bonds. The monoisotopic (exact) mass is 232 g/mol. The highest BCUT2D eigenvalue weighted by Crippen LogP contribution is 2.39. The molecule has 0 bridgehead atoms. The van der Waals surface area contributed by atoms with E-state index in [9.17, 15) is 9.90 Å². The maximum atomic E-state index is 11.6. The summed E-state index contributed by atoms with van der Waals surface area (Å²) in [6, 6.07) is 5.31. The highest BCUT2D eigenvalue weighted by atomic mass is 16.5. The van der Waals surface area contributed by atoms with Gasteiger partial charge in [-0.25, -0.2) is 4.79 Å².